The van der Waals surface area contributed by atoms with Crippen LogP contribution in [0.1, 0.15) is 18.4 Å². The largest absolute Gasteiger partial charge is 0.402 e. The molecule has 0 unspecified atom stereocenters. The molecule has 1 aromatic carbocycles. The van der Waals surface area contributed by atoms with Crippen molar-refractivity contribution in [2.24, 2.45) is 5.92 Å². The van der Waals surface area contributed by atoms with Crippen molar-refractivity contribution in [3.8, 4) is 11.1 Å². The van der Waals surface area contributed by atoms with E-state index in [-0.39, 0.29) is 50.3 Å². The first-order valence-corrected chi connectivity index (χ1v) is 13.9. The molecule has 1 saturated carbocycles. The van der Waals surface area contributed by atoms with Crippen molar-refractivity contribution in [2.45, 2.75) is 25.4 Å². The van der Waals surface area contributed by atoms with Gasteiger partial charge in [0.15, 0.2) is 0 Å². The minimum atomic E-state index is -4.65. The molecule has 14 heteroatoms. The molecule has 39 heavy (non-hydrogen) atoms. The van der Waals surface area contributed by atoms with Crippen LogP contribution in [-0.2, 0) is 26.2 Å². The Bertz CT molecular complexity index is 1480. The van der Waals surface area contributed by atoms with Crippen LogP contribution in [0.25, 0.3) is 22.2 Å². The van der Waals surface area contributed by atoms with E-state index in [1.807, 2.05) is 36.4 Å². The molecule has 208 valence electrons. The van der Waals surface area contributed by atoms with Gasteiger partial charge in [0.25, 0.3) is 10.2 Å². The second kappa shape index (κ2) is 10.6. The number of pyridine rings is 1. The van der Waals surface area contributed by atoms with E-state index in [4.69, 9.17) is 0 Å². The smallest absolute Gasteiger partial charge is 0.346 e. The van der Waals surface area contributed by atoms with Gasteiger partial charge in [-0.05, 0) is 41.7 Å². The summed E-state index contributed by atoms with van der Waals surface area (Å²) in [5, 5.41) is 3.77. The minimum Gasteiger partial charge on any atom is -0.346 e. The maximum Gasteiger partial charge on any atom is 0.402 e. The SMILES string of the molecule is O=C(Nc1cc(-c2ccc(CC(=O)N3CCN(S(=O)(=O)NCC(F)(F)F)CC3)cc2)c2cc[nH]c2n1)C1CC1. The maximum atomic E-state index is 12.8. The van der Waals surface area contributed by atoms with Crippen molar-refractivity contribution in [1.29, 1.82) is 0 Å². The number of nitrogens with one attached hydrogen (secondary N) is 3. The summed E-state index contributed by atoms with van der Waals surface area (Å²) < 4.78 is 63.8. The van der Waals surface area contributed by atoms with Gasteiger partial charge in [-0.3, -0.25) is 9.59 Å². The van der Waals surface area contributed by atoms with Crippen LogP contribution in [0, 0.1) is 5.92 Å². The second-order valence-corrected chi connectivity index (χ2v) is 11.4. The highest BCUT2D eigenvalue weighted by molar-refractivity contribution is 7.87. The number of aromatic amines is 1. The number of H-pyrrole nitrogens is 1. The number of anilines is 1. The molecule has 0 spiro atoms. The first-order valence-electron chi connectivity index (χ1n) is 12.5. The lowest BCUT2D eigenvalue weighted by Crippen LogP contribution is -2.54. The molecule has 0 atom stereocenters. The van der Waals surface area contributed by atoms with Crippen molar-refractivity contribution in [3.05, 3.63) is 48.2 Å². The van der Waals surface area contributed by atoms with Crippen LogP contribution in [0.15, 0.2) is 42.6 Å². The van der Waals surface area contributed by atoms with Crippen molar-refractivity contribution in [1.82, 2.24) is 23.9 Å². The molecule has 1 aliphatic heterocycles. The fraction of sp³-hybridized carbons (Fsp3) is 0.400. The molecule has 0 radical (unpaired) electrons. The Morgan fingerprint density at radius 2 is 1.74 bits per heavy atom. The highest BCUT2D eigenvalue weighted by Gasteiger charge is 2.34. The average molecular weight is 565 g/mol. The molecule has 2 aromatic heterocycles. The Morgan fingerprint density at radius 1 is 1.05 bits per heavy atom. The van der Waals surface area contributed by atoms with Crippen molar-refractivity contribution < 1.29 is 31.2 Å². The fourth-order valence-electron chi connectivity index (χ4n) is 4.45. The fourth-order valence-corrected chi connectivity index (χ4v) is 5.62. The summed E-state index contributed by atoms with van der Waals surface area (Å²) in [6.45, 7) is -1.66. The molecule has 10 nitrogen and oxygen atoms in total. The number of nitrogens with zero attached hydrogens (tertiary/aromatic N) is 3. The summed E-state index contributed by atoms with van der Waals surface area (Å²) >= 11 is 0. The van der Waals surface area contributed by atoms with Gasteiger partial charge in [-0.25, -0.2) is 4.98 Å². The molecule has 3 heterocycles. The molecule has 2 fully saturated rings. The van der Waals surface area contributed by atoms with Crippen LogP contribution in [0.5, 0.6) is 0 Å². The topological polar surface area (TPSA) is 127 Å². The Hall–Kier alpha value is -3.49. The molecule has 0 bridgehead atoms. The van der Waals surface area contributed by atoms with E-state index in [0.717, 1.165) is 39.2 Å². The van der Waals surface area contributed by atoms with Gasteiger partial charge in [-0.2, -0.15) is 30.6 Å². The number of alkyl halides is 3. The molecule has 2 aliphatic rings. The van der Waals surface area contributed by atoms with Crippen molar-refractivity contribution in [2.75, 3.05) is 38.0 Å². The van der Waals surface area contributed by atoms with Crippen LogP contribution < -0.4 is 10.0 Å². The van der Waals surface area contributed by atoms with E-state index in [1.54, 1.807) is 10.9 Å². The molecule has 3 N–H and O–H groups in total. The number of carbonyl (C=O) groups excluding carboxylic acids is 2. The monoisotopic (exact) mass is 564 g/mol. The Labute approximate surface area is 222 Å². The molecular formula is C25H27F3N6O4S. The summed E-state index contributed by atoms with van der Waals surface area (Å²) in [6, 6.07) is 11.2. The summed E-state index contributed by atoms with van der Waals surface area (Å²) in [6.07, 6.45) is -1.01. The molecule has 1 aliphatic carbocycles. The van der Waals surface area contributed by atoms with Crippen LogP contribution >= 0.6 is 0 Å². The number of hydrogen-bond acceptors (Lipinski definition) is 5. The summed E-state index contributed by atoms with van der Waals surface area (Å²) in [5.74, 6) is 0.269. The third-order valence-corrected chi connectivity index (χ3v) is 8.29. The Balaban J connectivity index is 1.21. The van der Waals surface area contributed by atoms with E-state index in [2.05, 4.69) is 15.3 Å². The van der Waals surface area contributed by atoms with Gasteiger partial charge in [0.05, 0.1) is 6.42 Å². The Morgan fingerprint density at radius 3 is 2.38 bits per heavy atom. The van der Waals surface area contributed by atoms with Gasteiger partial charge in [0.1, 0.15) is 18.0 Å². The number of carbonyl (C=O) groups is 2. The Kier molecular flexibility index (Phi) is 7.35. The van der Waals surface area contributed by atoms with Crippen LogP contribution in [-0.4, -0.2) is 78.3 Å². The normalized spacial score (nSPS) is 16.9. The third-order valence-electron chi connectivity index (χ3n) is 6.73. The molecule has 2 amide bonds. The highest BCUT2D eigenvalue weighted by Crippen LogP contribution is 2.33. The zero-order valence-corrected chi connectivity index (χ0v) is 21.6. The number of rotatable bonds is 8. The maximum absolute atomic E-state index is 12.8. The van der Waals surface area contributed by atoms with Gasteiger partial charge < -0.3 is 15.2 Å². The van der Waals surface area contributed by atoms with E-state index in [1.165, 1.54) is 4.90 Å². The zero-order chi connectivity index (χ0) is 27.8. The lowest BCUT2D eigenvalue weighted by Gasteiger charge is -2.34. The number of fused-ring (bicyclic) bond motifs is 1. The number of benzene rings is 1. The summed E-state index contributed by atoms with van der Waals surface area (Å²) in [7, 11) is -4.28. The van der Waals surface area contributed by atoms with Crippen molar-refractivity contribution >= 4 is 38.9 Å². The number of halogens is 3. The van der Waals surface area contributed by atoms with Gasteiger partial charge in [0.2, 0.25) is 11.8 Å². The van der Waals surface area contributed by atoms with Gasteiger partial charge in [0, 0.05) is 43.7 Å². The standard InChI is InChI=1S/C25H27F3N6O4S/c26-25(27,28)15-30-39(37,38)34-11-9-33(10-12-34)22(35)13-16-1-3-17(4-2-16)20-14-21(32-24(36)18-5-6-18)31-23-19(20)7-8-29-23/h1-4,7-8,14,18,30H,5-6,9-13,15H2,(H2,29,31,32,36). The van der Waals surface area contributed by atoms with Gasteiger partial charge >= 0.3 is 6.18 Å². The van der Waals surface area contributed by atoms with E-state index >= 15 is 0 Å². The summed E-state index contributed by atoms with van der Waals surface area (Å²) in [4.78, 5) is 34.1. The lowest BCUT2D eigenvalue weighted by molar-refractivity contribution is -0.131. The first kappa shape index (κ1) is 27.1. The van der Waals surface area contributed by atoms with Crippen molar-refractivity contribution in [3.63, 3.8) is 0 Å². The number of piperazine rings is 1. The number of amides is 2. The first-order chi connectivity index (χ1) is 18.5. The van der Waals surface area contributed by atoms with Gasteiger partial charge in [-0.1, -0.05) is 24.3 Å². The van der Waals surface area contributed by atoms with Crippen LogP contribution in [0.4, 0.5) is 19.0 Å². The molecule has 1 saturated heterocycles. The van der Waals surface area contributed by atoms with Gasteiger partial charge in [-0.15, -0.1) is 0 Å². The predicted octanol–water partition coefficient (Wildman–Crippen LogP) is 2.66. The van der Waals surface area contributed by atoms with Crippen LogP contribution in [0.3, 0.4) is 0 Å². The minimum absolute atomic E-state index is 0.0378. The van der Waals surface area contributed by atoms with E-state index in [0.29, 0.717) is 11.5 Å². The zero-order valence-electron chi connectivity index (χ0n) is 20.8. The third kappa shape index (κ3) is 6.57. The molecule has 5 rings (SSSR count). The number of aromatic nitrogens is 2. The quantitative estimate of drug-likeness (QED) is 0.388. The molecule has 3 aromatic rings. The summed E-state index contributed by atoms with van der Waals surface area (Å²) in [5.41, 5.74) is 3.16. The van der Waals surface area contributed by atoms with Crippen LogP contribution in [0.2, 0.25) is 0 Å². The highest BCUT2D eigenvalue weighted by atomic mass is 32.2. The number of hydrogen-bond donors (Lipinski definition) is 3. The molecular weight excluding hydrogens is 537 g/mol. The van der Waals surface area contributed by atoms with E-state index in [9.17, 15) is 31.2 Å². The second-order valence-electron chi connectivity index (χ2n) is 9.65. The average Bonchev–Trinajstić information content (AvgIpc) is 3.65. The van der Waals surface area contributed by atoms with E-state index < -0.39 is 22.9 Å². The lowest BCUT2D eigenvalue weighted by atomic mass is 10.0. The predicted molar refractivity (Wildman–Crippen MR) is 138 cm³/mol.